The fraction of sp³-hybridized carbons (Fsp3) is 0.600. The van der Waals surface area contributed by atoms with E-state index < -0.39 is 12.0 Å². The van der Waals surface area contributed by atoms with Crippen molar-refractivity contribution in [2.45, 2.75) is 18.9 Å². The van der Waals surface area contributed by atoms with Crippen LogP contribution >= 0.6 is 0 Å². The van der Waals surface area contributed by atoms with Crippen molar-refractivity contribution in [3.63, 3.8) is 0 Å². The summed E-state index contributed by atoms with van der Waals surface area (Å²) in [6, 6.07) is -0.766. The van der Waals surface area contributed by atoms with Crippen LogP contribution in [0.25, 0.3) is 0 Å². The minimum atomic E-state index is -0.999. The van der Waals surface area contributed by atoms with Gasteiger partial charge in [-0.1, -0.05) is 0 Å². The molecule has 0 aromatic carbocycles. The number of hydrogen-bond donors (Lipinski definition) is 1. The molecule has 0 spiro atoms. The van der Waals surface area contributed by atoms with Crippen molar-refractivity contribution in [1.82, 2.24) is 0 Å². The zero-order valence-corrected chi connectivity index (χ0v) is 10.6. The standard InChI is InChI=1S/C5H7NO3.Rb/c7-4-2-1-3(6-4)5(8)9;/h3H,1-2H2,(H,6,7)(H,8,9);/q;+1/p-1. The summed E-state index contributed by atoms with van der Waals surface area (Å²) < 4.78 is 0. The van der Waals surface area contributed by atoms with Gasteiger partial charge in [0, 0.05) is 0 Å². The van der Waals surface area contributed by atoms with E-state index >= 15 is 0 Å². The number of carboxylic acids is 1. The Hall–Kier alpha value is 0.745. The number of aliphatic carboxylic acids is 1. The largest absolute Gasteiger partial charge is 1.00 e. The first kappa shape index (κ1) is 10.7. The van der Waals surface area contributed by atoms with Crippen molar-refractivity contribution in [3.05, 3.63) is 0 Å². The molecule has 0 aromatic rings. The van der Waals surface area contributed by atoms with E-state index in [1.165, 1.54) is 0 Å². The Labute approximate surface area is 107 Å². The van der Waals surface area contributed by atoms with Crippen LogP contribution < -0.4 is 63.3 Å². The van der Waals surface area contributed by atoms with Gasteiger partial charge in [0.25, 0.3) is 0 Å². The molecule has 4 nitrogen and oxygen atoms in total. The van der Waals surface area contributed by atoms with Crippen LogP contribution in [0.3, 0.4) is 0 Å². The Balaban J connectivity index is 0.000000810. The quantitative estimate of drug-likeness (QED) is 0.483. The van der Waals surface area contributed by atoms with E-state index in [-0.39, 0.29) is 70.5 Å². The molecular formula is C5H6NO3Rb. The molecule has 1 heterocycles. The van der Waals surface area contributed by atoms with Crippen LogP contribution in [0, 0.1) is 0 Å². The fourth-order valence-electron chi connectivity index (χ4n) is 0.742. The Morgan fingerprint density at radius 2 is 2.40 bits per heavy atom. The summed E-state index contributed by atoms with van der Waals surface area (Å²) >= 11 is 0. The molecule has 50 valence electrons. The van der Waals surface area contributed by atoms with E-state index in [9.17, 15) is 9.90 Å². The second kappa shape index (κ2) is 4.59. The molecule has 1 aliphatic rings. The van der Waals surface area contributed by atoms with Gasteiger partial charge in [-0.3, -0.25) is 4.99 Å². The van der Waals surface area contributed by atoms with Crippen LogP contribution in [0.1, 0.15) is 12.8 Å². The van der Waals surface area contributed by atoms with Gasteiger partial charge in [-0.25, -0.2) is 4.79 Å². The number of carbonyl (C=O) groups is 1. The minimum absolute atomic E-state index is 0. The van der Waals surface area contributed by atoms with Crippen LogP contribution in [-0.4, -0.2) is 23.0 Å². The van der Waals surface area contributed by atoms with Crippen LogP contribution in [0.2, 0.25) is 0 Å². The number of rotatable bonds is 1. The summed E-state index contributed by atoms with van der Waals surface area (Å²) in [4.78, 5) is 13.5. The van der Waals surface area contributed by atoms with Crippen LogP contribution in [0.4, 0.5) is 0 Å². The van der Waals surface area contributed by atoms with Crippen molar-refractivity contribution >= 4 is 11.9 Å². The van der Waals surface area contributed by atoms with Crippen molar-refractivity contribution in [2.24, 2.45) is 4.99 Å². The van der Waals surface area contributed by atoms with Crippen LogP contribution in [0.5, 0.6) is 0 Å². The molecule has 0 saturated carbocycles. The van der Waals surface area contributed by atoms with Gasteiger partial charge < -0.3 is 10.2 Å². The monoisotopic (exact) mass is 213 g/mol. The van der Waals surface area contributed by atoms with Crippen molar-refractivity contribution < 1.29 is 73.2 Å². The Bertz CT molecular complexity index is 168. The average molecular weight is 214 g/mol. The SMILES string of the molecule is O=C(O)C1CCC([O-])=N1.[Rb+]. The van der Waals surface area contributed by atoms with Gasteiger partial charge in [-0.15, -0.1) is 0 Å². The first-order chi connectivity index (χ1) is 4.20. The summed E-state index contributed by atoms with van der Waals surface area (Å²) in [5.41, 5.74) is 0. The second-order valence-corrected chi connectivity index (χ2v) is 1.92. The summed E-state index contributed by atoms with van der Waals surface area (Å²) in [6.07, 6.45) is 0.658. The third-order valence-corrected chi connectivity index (χ3v) is 1.22. The zero-order valence-electron chi connectivity index (χ0n) is 5.70. The summed E-state index contributed by atoms with van der Waals surface area (Å²) in [6.45, 7) is 0. The Morgan fingerprint density at radius 3 is 2.60 bits per heavy atom. The van der Waals surface area contributed by atoms with Gasteiger partial charge in [0.15, 0.2) is 0 Å². The van der Waals surface area contributed by atoms with E-state index in [4.69, 9.17) is 5.11 Å². The van der Waals surface area contributed by atoms with Gasteiger partial charge in [-0.05, 0) is 18.7 Å². The van der Waals surface area contributed by atoms with E-state index in [1.807, 2.05) is 0 Å². The first-order valence-corrected chi connectivity index (χ1v) is 2.66. The number of nitrogens with zero attached hydrogens (tertiary/aromatic N) is 1. The second-order valence-electron chi connectivity index (χ2n) is 1.92. The molecule has 1 aliphatic heterocycles. The number of aliphatic imine (C=N–C) groups is 1. The third kappa shape index (κ3) is 2.78. The topological polar surface area (TPSA) is 72.7 Å². The van der Waals surface area contributed by atoms with E-state index in [0.717, 1.165) is 0 Å². The first-order valence-electron chi connectivity index (χ1n) is 2.66. The Kier molecular flexibility index (Phi) is 4.93. The number of carboxylic acid groups (broad SMARTS) is 1. The number of hydrogen-bond acceptors (Lipinski definition) is 3. The molecule has 0 fully saturated rings. The van der Waals surface area contributed by atoms with Crippen molar-refractivity contribution in [3.8, 4) is 0 Å². The fourth-order valence-corrected chi connectivity index (χ4v) is 0.742. The molecule has 5 heteroatoms. The molecule has 1 N–H and O–H groups in total. The molecule has 0 aromatic heterocycles. The molecule has 1 rings (SSSR count). The molecule has 0 radical (unpaired) electrons. The van der Waals surface area contributed by atoms with Gasteiger partial charge in [0.05, 0.1) is 0 Å². The molecule has 0 amide bonds. The van der Waals surface area contributed by atoms with Crippen LogP contribution in [-0.2, 0) is 4.79 Å². The third-order valence-electron chi connectivity index (χ3n) is 1.22. The average Bonchev–Trinajstić information content (AvgIpc) is 2.14. The Morgan fingerprint density at radius 1 is 1.80 bits per heavy atom. The summed E-state index contributed by atoms with van der Waals surface area (Å²) in [5, 5.41) is 18.6. The molecule has 0 bridgehead atoms. The zero-order chi connectivity index (χ0) is 6.85. The van der Waals surface area contributed by atoms with Gasteiger partial charge in [0.2, 0.25) is 0 Å². The molecule has 1 atom stereocenters. The maximum atomic E-state index is 10.3. The molecular weight excluding hydrogens is 208 g/mol. The van der Waals surface area contributed by atoms with E-state index in [1.54, 1.807) is 0 Å². The molecule has 0 aliphatic carbocycles. The maximum absolute atomic E-state index is 10.3. The van der Waals surface area contributed by atoms with Crippen LogP contribution in [0.15, 0.2) is 4.99 Å². The smallest absolute Gasteiger partial charge is 0.862 e. The van der Waals surface area contributed by atoms with Gasteiger partial charge >= 0.3 is 64.2 Å². The summed E-state index contributed by atoms with van der Waals surface area (Å²) in [7, 11) is 0. The summed E-state index contributed by atoms with van der Waals surface area (Å²) in [5.74, 6) is -1.29. The van der Waals surface area contributed by atoms with Gasteiger partial charge in [-0.2, -0.15) is 0 Å². The minimum Gasteiger partial charge on any atom is -0.862 e. The maximum Gasteiger partial charge on any atom is 1.00 e. The van der Waals surface area contributed by atoms with Gasteiger partial charge in [0.1, 0.15) is 6.04 Å². The predicted octanol–water partition coefficient (Wildman–Crippen LogP) is -4.00. The molecule has 10 heavy (non-hydrogen) atoms. The van der Waals surface area contributed by atoms with Crippen molar-refractivity contribution in [1.29, 1.82) is 0 Å². The van der Waals surface area contributed by atoms with E-state index in [0.29, 0.717) is 6.42 Å². The van der Waals surface area contributed by atoms with E-state index in [2.05, 4.69) is 4.99 Å². The molecule has 1 unspecified atom stereocenters. The van der Waals surface area contributed by atoms with Crippen molar-refractivity contribution in [2.75, 3.05) is 0 Å². The molecule has 0 saturated heterocycles. The predicted molar refractivity (Wildman–Crippen MR) is 28.1 cm³/mol. The normalized spacial score (nSPS) is 23.2.